The highest BCUT2D eigenvalue weighted by molar-refractivity contribution is 5.24. The minimum atomic E-state index is -9.08. The molecule has 0 spiro atoms. The van der Waals surface area contributed by atoms with E-state index >= 15 is 0 Å². The zero-order valence-electron chi connectivity index (χ0n) is 18.9. The quantitative estimate of drug-likeness (QED) is 0.238. The normalized spacial score (nSPS) is 38.5. The Morgan fingerprint density at radius 1 is 0.178 bits per heavy atom. The molecule has 1 saturated carbocycles. The molecule has 1 aliphatic carbocycles. The molecule has 0 N–H and O–H groups in total. The number of fused-ring (bicyclic) bond motifs is 1. The zero-order valence-corrected chi connectivity index (χ0v) is 18.9. The SMILES string of the molecule is FC1(F)OC(F)(F)C(F)(F)OC(F)(F)C(F)(F)O[C@]2(F)C(F)(F)C(F)(F)C(F)(F)C(F)(F)[C@@]2(F)OC(F)(F)C(F)(F)OC1(F)F. The lowest BCUT2D eigenvalue weighted by Crippen LogP contribution is -2.87. The predicted molar refractivity (Wildman–Crippen MR) is 72.5 cm³/mol. The maximum atomic E-state index is 14.9. The van der Waals surface area contributed by atoms with Crippen molar-refractivity contribution >= 4 is 0 Å². The second-order valence-electron chi connectivity index (χ2n) is 8.13. The van der Waals surface area contributed by atoms with Gasteiger partial charge in [0.2, 0.25) is 0 Å². The van der Waals surface area contributed by atoms with Crippen molar-refractivity contribution in [1.29, 1.82) is 0 Å². The van der Waals surface area contributed by atoms with E-state index < -0.39 is 84.3 Å². The number of hydrogen-bond donors (Lipinski definition) is 0. The van der Waals surface area contributed by atoms with Gasteiger partial charge in [-0.2, -0.15) is 114 Å². The second kappa shape index (κ2) is 9.32. The van der Waals surface area contributed by atoms with Crippen molar-refractivity contribution in [3.05, 3.63) is 0 Å². The van der Waals surface area contributed by atoms with Crippen LogP contribution in [0.4, 0.5) is 114 Å². The first-order valence-corrected chi connectivity index (χ1v) is 9.45. The average molecular weight is 742 g/mol. The van der Waals surface area contributed by atoms with Crippen LogP contribution in [-0.4, -0.2) is 84.3 Å². The van der Waals surface area contributed by atoms with Crippen molar-refractivity contribution in [3.63, 3.8) is 0 Å². The van der Waals surface area contributed by atoms with Crippen molar-refractivity contribution in [3.8, 4) is 0 Å². The Kier molecular flexibility index (Phi) is 8.11. The summed E-state index contributed by atoms with van der Waals surface area (Å²) in [6.07, 6.45) is -67.0. The van der Waals surface area contributed by atoms with Gasteiger partial charge in [0.1, 0.15) is 0 Å². The number of alkyl halides is 26. The van der Waals surface area contributed by atoms with Gasteiger partial charge in [-0.1, -0.05) is 0 Å². The molecule has 1 saturated heterocycles. The maximum absolute atomic E-state index is 14.9. The Morgan fingerprint density at radius 3 is 0.467 bits per heavy atom. The van der Waals surface area contributed by atoms with Crippen LogP contribution in [0, 0.1) is 0 Å². The predicted octanol–water partition coefficient (Wildman–Crippen LogP) is 7.71. The van der Waals surface area contributed by atoms with Crippen LogP contribution in [0.25, 0.3) is 0 Å². The number of halogens is 26. The highest BCUT2D eigenvalue weighted by Crippen LogP contribution is 2.72. The molecule has 2 atom stereocenters. The third-order valence-corrected chi connectivity index (χ3v) is 5.07. The zero-order chi connectivity index (χ0) is 36.5. The lowest BCUT2D eigenvalue weighted by Gasteiger charge is -2.55. The fraction of sp³-hybridized carbons (Fsp3) is 1.00. The summed E-state index contributed by atoms with van der Waals surface area (Å²) in [5.41, 5.74) is 0. The van der Waals surface area contributed by atoms with Crippen molar-refractivity contribution in [2.24, 2.45) is 0 Å². The van der Waals surface area contributed by atoms with Gasteiger partial charge in [0.15, 0.2) is 0 Å². The Labute approximate surface area is 223 Å². The molecule has 0 amide bonds. The summed E-state index contributed by atoms with van der Waals surface area (Å²) in [4.78, 5) is 0. The van der Waals surface area contributed by atoms with Crippen LogP contribution in [0.1, 0.15) is 0 Å². The first-order valence-electron chi connectivity index (χ1n) is 9.45. The standard InChI is InChI=1S/C14F26O5/c15-1(16)2(17,18)4(21,22)6(24)5(23,3(1,19)20)41-7(25,26)9(29,30)43-11(33,34)13(37,38)45-14(39,40)12(35,36)44-10(31,32)8(27,28)42-6/t5-,6-/m1/s1. The molecule has 1 aliphatic heterocycles. The highest BCUT2D eigenvalue weighted by Gasteiger charge is 3.04. The van der Waals surface area contributed by atoms with Crippen LogP contribution >= 0.6 is 0 Å². The first-order chi connectivity index (χ1) is 19.0. The minimum Gasteiger partial charge on any atom is -0.265 e. The van der Waals surface area contributed by atoms with Gasteiger partial charge in [0.05, 0.1) is 0 Å². The van der Waals surface area contributed by atoms with Gasteiger partial charge in [-0.05, 0) is 0 Å². The van der Waals surface area contributed by atoms with E-state index in [9.17, 15) is 114 Å². The average Bonchev–Trinajstić information content (AvgIpc) is 2.73. The van der Waals surface area contributed by atoms with Crippen LogP contribution in [0.3, 0.4) is 0 Å². The summed E-state index contributed by atoms with van der Waals surface area (Å²) in [5, 5.41) is 0. The summed E-state index contributed by atoms with van der Waals surface area (Å²) in [5.74, 6) is -53.4. The van der Waals surface area contributed by atoms with Gasteiger partial charge in [-0.15, -0.1) is 0 Å². The topological polar surface area (TPSA) is 46.2 Å². The van der Waals surface area contributed by atoms with Crippen LogP contribution < -0.4 is 0 Å². The molecule has 2 fully saturated rings. The molecule has 0 radical (unpaired) electrons. The van der Waals surface area contributed by atoms with Gasteiger partial charge in [-0.3, -0.25) is 9.47 Å². The number of ether oxygens (including phenoxy) is 5. The van der Waals surface area contributed by atoms with Crippen molar-refractivity contribution in [1.82, 2.24) is 0 Å². The Hall–Kier alpha value is -2.02. The summed E-state index contributed by atoms with van der Waals surface area (Å²) in [7, 11) is 0. The Balaban J connectivity index is 3.16. The molecule has 45 heavy (non-hydrogen) atoms. The van der Waals surface area contributed by atoms with E-state index in [0.29, 0.717) is 0 Å². The van der Waals surface area contributed by atoms with E-state index in [4.69, 9.17) is 0 Å². The molecule has 0 unspecified atom stereocenters. The van der Waals surface area contributed by atoms with E-state index in [1.807, 2.05) is 0 Å². The molecule has 268 valence electrons. The Morgan fingerprint density at radius 2 is 0.311 bits per heavy atom. The summed E-state index contributed by atoms with van der Waals surface area (Å²) in [6, 6.07) is 0. The van der Waals surface area contributed by atoms with Gasteiger partial charge in [0, 0.05) is 0 Å². The van der Waals surface area contributed by atoms with E-state index in [0.717, 1.165) is 18.9 Å². The third kappa shape index (κ3) is 4.82. The van der Waals surface area contributed by atoms with Gasteiger partial charge in [0.25, 0.3) is 0 Å². The minimum absolute atomic E-state index is 1.12. The third-order valence-electron chi connectivity index (χ3n) is 5.07. The molecule has 5 nitrogen and oxygen atoms in total. The molecule has 1 heterocycles. The van der Waals surface area contributed by atoms with Gasteiger partial charge < -0.3 is 0 Å². The lowest BCUT2D eigenvalue weighted by molar-refractivity contribution is -0.611. The number of hydrogen-bond acceptors (Lipinski definition) is 5. The van der Waals surface area contributed by atoms with Gasteiger partial charge >= 0.3 is 84.3 Å². The molecule has 2 aliphatic rings. The molecule has 0 aromatic carbocycles. The van der Waals surface area contributed by atoms with E-state index in [2.05, 4.69) is 0 Å². The van der Waals surface area contributed by atoms with E-state index in [1.165, 1.54) is 4.74 Å². The largest absolute Gasteiger partial charge is 0.453 e. The molecule has 31 heteroatoms. The van der Waals surface area contributed by atoms with Gasteiger partial charge in [-0.25, -0.2) is 14.2 Å². The van der Waals surface area contributed by atoms with Crippen molar-refractivity contribution in [2.75, 3.05) is 0 Å². The second-order valence-corrected chi connectivity index (χ2v) is 8.13. The Bertz CT molecular complexity index is 1080. The summed E-state index contributed by atoms with van der Waals surface area (Å²) in [6.45, 7) is 0. The number of rotatable bonds is 0. The summed E-state index contributed by atoms with van der Waals surface area (Å²) < 4.78 is 363. The fourth-order valence-corrected chi connectivity index (χ4v) is 2.77. The fourth-order valence-electron chi connectivity index (χ4n) is 2.77. The smallest absolute Gasteiger partial charge is 0.265 e. The molecular weight excluding hydrogens is 742 g/mol. The molecular formula is C14F26O5. The first kappa shape index (κ1) is 39.2. The maximum Gasteiger partial charge on any atom is 0.453 e. The van der Waals surface area contributed by atoms with Crippen molar-refractivity contribution in [2.45, 2.75) is 84.3 Å². The lowest BCUT2D eigenvalue weighted by atomic mass is 9.77. The molecule has 0 bridgehead atoms. The van der Waals surface area contributed by atoms with Crippen LogP contribution in [0.5, 0.6) is 0 Å². The van der Waals surface area contributed by atoms with Crippen LogP contribution in [-0.2, 0) is 23.7 Å². The highest BCUT2D eigenvalue weighted by atomic mass is 19.4. The molecule has 0 aromatic rings. The van der Waals surface area contributed by atoms with Crippen molar-refractivity contribution < 1.29 is 138 Å². The van der Waals surface area contributed by atoms with E-state index in [1.54, 1.807) is 0 Å². The van der Waals surface area contributed by atoms with E-state index in [-0.39, 0.29) is 0 Å². The molecule has 0 aromatic heterocycles. The molecule has 2 rings (SSSR count). The summed E-state index contributed by atoms with van der Waals surface area (Å²) >= 11 is 0. The van der Waals surface area contributed by atoms with Crippen LogP contribution in [0.2, 0.25) is 0 Å². The monoisotopic (exact) mass is 742 g/mol. The van der Waals surface area contributed by atoms with Crippen LogP contribution in [0.15, 0.2) is 0 Å².